The van der Waals surface area contributed by atoms with Gasteiger partial charge in [0.25, 0.3) is 0 Å². The van der Waals surface area contributed by atoms with Crippen LogP contribution < -0.4 is 0 Å². The second kappa shape index (κ2) is 4.18. The van der Waals surface area contributed by atoms with E-state index in [1.165, 1.54) is 7.11 Å². The van der Waals surface area contributed by atoms with Crippen LogP contribution in [0.4, 0.5) is 0 Å². The number of aromatic nitrogens is 1. The second-order valence-corrected chi connectivity index (χ2v) is 3.33. The molecule has 0 N–H and O–H groups in total. The summed E-state index contributed by atoms with van der Waals surface area (Å²) >= 11 is 0. The van der Waals surface area contributed by atoms with Crippen molar-refractivity contribution in [2.45, 2.75) is 6.92 Å². The molecule has 0 unspecified atom stereocenters. The maximum atomic E-state index is 11.6. The molecule has 16 heavy (non-hydrogen) atoms. The van der Waals surface area contributed by atoms with E-state index in [1.54, 1.807) is 6.92 Å². The molecule has 0 aliphatic rings. The lowest BCUT2D eigenvalue weighted by molar-refractivity contribution is 0.0600. The van der Waals surface area contributed by atoms with Gasteiger partial charge in [0.1, 0.15) is 5.56 Å². The number of hydrogen-bond acceptors (Lipinski definition) is 4. The zero-order chi connectivity index (χ0) is 11.5. The van der Waals surface area contributed by atoms with Gasteiger partial charge in [-0.05, 0) is 6.92 Å². The molecule has 0 spiro atoms. The minimum absolute atomic E-state index is 0.383. The van der Waals surface area contributed by atoms with Crippen molar-refractivity contribution >= 4 is 5.97 Å². The summed E-state index contributed by atoms with van der Waals surface area (Å²) in [6.45, 7) is 1.71. The molecule has 0 saturated heterocycles. The minimum atomic E-state index is -0.433. The van der Waals surface area contributed by atoms with E-state index in [2.05, 4.69) is 5.16 Å². The summed E-state index contributed by atoms with van der Waals surface area (Å²) in [4.78, 5) is 11.6. The third-order valence-electron chi connectivity index (χ3n) is 2.29. The number of nitrogens with zero attached hydrogens (tertiary/aromatic N) is 1. The molecule has 0 aliphatic carbocycles. The quantitative estimate of drug-likeness (QED) is 0.725. The predicted octanol–water partition coefficient (Wildman–Crippen LogP) is 2.44. The van der Waals surface area contributed by atoms with Crippen LogP contribution >= 0.6 is 0 Å². The van der Waals surface area contributed by atoms with Crippen molar-refractivity contribution in [2.75, 3.05) is 7.11 Å². The molecule has 0 amide bonds. The Labute approximate surface area is 92.8 Å². The molecule has 0 bridgehead atoms. The molecule has 2 rings (SSSR count). The molecule has 0 atom stereocenters. The van der Waals surface area contributed by atoms with E-state index in [1.807, 2.05) is 30.3 Å². The number of esters is 1. The summed E-state index contributed by atoms with van der Waals surface area (Å²) < 4.78 is 9.85. The number of rotatable bonds is 2. The molecule has 1 aromatic carbocycles. The maximum Gasteiger partial charge on any atom is 0.343 e. The largest absolute Gasteiger partial charge is 0.465 e. The molecule has 1 aromatic heterocycles. The van der Waals surface area contributed by atoms with Crippen LogP contribution in [0.1, 0.15) is 16.1 Å². The zero-order valence-corrected chi connectivity index (χ0v) is 9.06. The fourth-order valence-corrected chi connectivity index (χ4v) is 1.50. The molecule has 0 fully saturated rings. The number of ether oxygens (including phenoxy) is 1. The first-order chi connectivity index (χ1) is 7.74. The van der Waals surface area contributed by atoms with Crippen molar-refractivity contribution in [2.24, 2.45) is 0 Å². The lowest BCUT2D eigenvalue weighted by atomic mass is 10.1. The molecular formula is C12H11NO3. The number of benzene rings is 1. The summed E-state index contributed by atoms with van der Waals surface area (Å²) in [7, 11) is 1.34. The van der Waals surface area contributed by atoms with E-state index in [9.17, 15) is 4.79 Å². The van der Waals surface area contributed by atoms with Gasteiger partial charge in [-0.2, -0.15) is 0 Å². The lowest BCUT2D eigenvalue weighted by Gasteiger charge is -1.99. The fourth-order valence-electron chi connectivity index (χ4n) is 1.50. The topological polar surface area (TPSA) is 52.3 Å². The van der Waals surface area contributed by atoms with Crippen molar-refractivity contribution in [1.82, 2.24) is 5.16 Å². The van der Waals surface area contributed by atoms with E-state index in [0.29, 0.717) is 17.0 Å². The highest BCUT2D eigenvalue weighted by Crippen LogP contribution is 2.26. The van der Waals surface area contributed by atoms with Gasteiger partial charge in [-0.15, -0.1) is 0 Å². The highest BCUT2D eigenvalue weighted by Gasteiger charge is 2.21. The van der Waals surface area contributed by atoms with Gasteiger partial charge >= 0.3 is 5.97 Å². The molecule has 4 nitrogen and oxygen atoms in total. The number of carbonyl (C=O) groups is 1. The minimum Gasteiger partial charge on any atom is -0.465 e. The van der Waals surface area contributed by atoms with E-state index < -0.39 is 5.97 Å². The number of aryl methyl sites for hydroxylation is 1. The van der Waals surface area contributed by atoms with Crippen LogP contribution in [0.2, 0.25) is 0 Å². The first kappa shape index (κ1) is 10.4. The Morgan fingerprint density at radius 1 is 1.31 bits per heavy atom. The van der Waals surface area contributed by atoms with Crippen LogP contribution in [-0.2, 0) is 4.74 Å². The first-order valence-electron chi connectivity index (χ1n) is 4.84. The predicted molar refractivity (Wildman–Crippen MR) is 58.0 cm³/mol. The van der Waals surface area contributed by atoms with Crippen molar-refractivity contribution < 1.29 is 14.1 Å². The first-order valence-corrected chi connectivity index (χ1v) is 4.84. The van der Waals surface area contributed by atoms with Crippen LogP contribution in [0.3, 0.4) is 0 Å². The average molecular weight is 217 g/mol. The summed E-state index contributed by atoms with van der Waals surface area (Å²) in [5, 5.41) is 3.79. The van der Waals surface area contributed by atoms with E-state index in [-0.39, 0.29) is 0 Å². The molecule has 1 heterocycles. The molecule has 2 aromatic rings. The van der Waals surface area contributed by atoms with Gasteiger partial charge in [-0.1, -0.05) is 35.5 Å². The van der Waals surface area contributed by atoms with Crippen molar-refractivity contribution in [1.29, 1.82) is 0 Å². The summed E-state index contributed by atoms with van der Waals surface area (Å²) in [6, 6.07) is 9.34. The van der Waals surface area contributed by atoms with Crippen LogP contribution in [0.25, 0.3) is 11.3 Å². The van der Waals surface area contributed by atoms with Gasteiger partial charge in [-0.25, -0.2) is 4.79 Å². The highest BCUT2D eigenvalue weighted by atomic mass is 16.5. The fraction of sp³-hybridized carbons (Fsp3) is 0.167. The van der Waals surface area contributed by atoms with Crippen LogP contribution in [-0.4, -0.2) is 18.2 Å². The van der Waals surface area contributed by atoms with Crippen LogP contribution in [0.5, 0.6) is 0 Å². The molecule has 0 saturated carbocycles. The average Bonchev–Trinajstić information content (AvgIpc) is 2.71. The molecule has 4 heteroatoms. The van der Waals surface area contributed by atoms with E-state index in [4.69, 9.17) is 9.26 Å². The van der Waals surface area contributed by atoms with Crippen LogP contribution in [0, 0.1) is 6.92 Å². The molecular weight excluding hydrogens is 206 g/mol. The van der Waals surface area contributed by atoms with Crippen molar-refractivity contribution in [3.05, 3.63) is 41.6 Å². The Kier molecular flexibility index (Phi) is 2.72. The van der Waals surface area contributed by atoms with Gasteiger partial charge in [-0.3, -0.25) is 0 Å². The zero-order valence-electron chi connectivity index (χ0n) is 9.06. The van der Waals surface area contributed by atoms with Gasteiger partial charge in [0.15, 0.2) is 5.76 Å². The Hall–Kier alpha value is -2.10. The molecule has 82 valence electrons. The highest BCUT2D eigenvalue weighted by molar-refractivity contribution is 5.96. The van der Waals surface area contributed by atoms with Gasteiger partial charge in [0, 0.05) is 5.56 Å². The van der Waals surface area contributed by atoms with E-state index in [0.717, 1.165) is 5.56 Å². The second-order valence-electron chi connectivity index (χ2n) is 3.33. The molecule has 0 radical (unpaired) electrons. The third-order valence-corrected chi connectivity index (χ3v) is 2.29. The number of hydrogen-bond donors (Lipinski definition) is 0. The Morgan fingerprint density at radius 2 is 2.00 bits per heavy atom. The summed E-state index contributed by atoms with van der Waals surface area (Å²) in [6.07, 6.45) is 0. The van der Waals surface area contributed by atoms with Crippen LogP contribution in [0.15, 0.2) is 34.9 Å². The smallest absolute Gasteiger partial charge is 0.343 e. The van der Waals surface area contributed by atoms with Gasteiger partial charge in [0.05, 0.1) is 12.8 Å². The maximum absolute atomic E-state index is 11.6. The SMILES string of the molecule is COC(=O)c1c(C)noc1-c1ccccc1. The number of carbonyl (C=O) groups excluding carboxylic acids is 1. The number of methoxy groups -OCH3 is 1. The molecule has 0 aliphatic heterocycles. The summed E-state index contributed by atoms with van der Waals surface area (Å²) in [5.74, 6) is 0.0163. The Balaban J connectivity index is 2.55. The van der Waals surface area contributed by atoms with Gasteiger partial charge < -0.3 is 9.26 Å². The van der Waals surface area contributed by atoms with Crippen molar-refractivity contribution in [3.63, 3.8) is 0 Å². The third kappa shape index (κ3) is 1.69. The Morgan fingerprint density at radius 3 is 2.62 bits per heavy atom. The van der Waals surface area contributed by atoms with Crippen molar-refractivity contribution in [3.8, 4) is 11.3 Å². The Bertz CT molecular complexity index is 502. The standard InChI is InChI=1S/C12H11NO3/c1-8-10(12(14)15-2)11(16-13-8)9-6-4-3-5-7-9/h3-7H,1-2H3. The van der Waals surface area contributed by atoms with E-state index >= 15 is 0 Å². The van der Waals surface area contributed by atoms with Gasteiger partial charge in [0.2, 0.25) is 0 Å². The monoisotopic (exact) mass is 217 g/mol. The summed E-state index contributed by atoms with van der Waals surface area (Å²) in [5.41, 5.74) is 1.72. The lowest BCUT2D eigenvalue weighted by Crippen LogP contribution is -2.03. The normalized spacial score (nSPS) is 10.1.